The number of hydrogen-bond acceptors (Lipinski definition) is 18. The Morgan fingerprint density at radius 1 is 0.551 bits per heavy atom. The van der Waals surface area contributed by atoms with Crippen LogP contribution >= 0.6 is 11.6 Å². The van der Waals surface area contributed by atoms with Gasteiger partial charge in [0.05, 0.1) is 13.0 Å². The zero-order valence-corrected chi connectivity index (χ0v) is 67.4. The monoisotopic (exact) mass is 1640 g/mol. The molecule has 5 aromatic carbocycles. The van der Waals surface area contributed by atoms with Gasteiger partial charge in [-0.3, -0.25) is 72.6 Å². The first kappa shape index (κ1) is 91.1. The maximum Gasteiger partial charge on any atom is 0.322 e. The molecule has 0 bridgehead atoms. The average molecular weight is 1650 g/mol. The molecule has 2 fully saturated rings. The molecule has 8 rings (SSSR count). The molecule has 0 saturated carbocycles. The van der Waals surface area contributed by atoms with Crippen LogP contribution in [-0.2, 0) is 101 Å². The van der Waals surface area contributed by atoms with E-state index in [-0.39, 0.29) is 82.1 Å². The summed E-state index contributed by atoms with van der Waals surface area (Å²) in [6.07, 6.45) is 3.12. The molecule has 1 aromatic heterocycles. The fourth-order valence-corrected chi connectivity index (χ4v) is 13.6. The highest BCUT2D eigenvalue weighted by Gasteiger charge is 2.41. The molecule has 19 N–H and O–H groups in total. The number of rotatable bonds is 42. The van der Waals surface area contributed by atoms with Gasteiger partial charge in [-0.15, -0.1) is 0 Å². The molecular weight excluding hydrogens is 1540 g/mol. The molecule has 3 heterocycles. The number of carbonyl (C=O) groups is 15. The first-order valence-corrected chi connectivity index (χ1v) is 39.5. The van der Waals surface area contributed by atoms with Crippen LogP contribution in [-0.4, -0.2) is 196 Å². The second kappa shape index (κ2) is 44.6. The van der Waals surface area contributed by atoms with Crippen molar-refractivity contribution in [3.63, 3.8) is 0 Å². The Morgan fingerprint density at radius 2 is 1.05 bits per heavy atom. The third-order valence-corrected chi connectivity index (χ3v) is 20.0. The lowest BCUT2D eigenvalue weighted by molar-refractivity contribution is -0.142. The summed E-state index contributed by atoms with van der Waals surface area (Å²) in [6, 6.07) is 18.0. The molecule has 0 spiro atoms. The number of benzene rings is 5. The van der Waals surface area contributed by atoms with Crippen LogP contribution in [0, 0.1) is 5.92 Å². The first-order valence-electron chi connectivity index (χ1n) is 39.1. The predicted octanol–water partition coefficient (Wildman–Crippen LogP) is 1.19. The maximum atomic E-state index is 15.5. The fraction of sp³-hybridized carbons (Fsp3) is 0.422. The summed E-state index contributed by atoms with van der Waals surface area (Å²) in [5, 5.41) is 50.6. The van der Waals surface area contributed by atoms with Gasteiger partial charge in [0.15, 0.2) is 0 Å². The number of halogens is 1. The van der Waals surface area contributed by atoms with Gasteiger partial charge >= 0.3 is 12.1 Å². The number of aliphatic hydroxyl groups excluding tert-OH is 1. The van der Waals surface area contributed by atoms with Crippen molar-refractivity contribution in [2.45, 2.75) is 198 Å². The van der Waals surface area contributed by atoms with E-state index in [0.29, 0.717) is 64.2 Å². The van der Waals surface area contributed by atoms with E-state index in [1.807, 2.05) is 56.3 Å². The smallest absolute Gasteiger partial charge is 0.322 e. The highest BCUT2D eigenvalue weighted by atomic mass is 35.5. The van der Waals surface area contributed by atoms with Gasteiger partial charge in [0.25, 0.3) is 0 Å². The molecule has 630 valence electrons. The molecule has 2 saturated heterocycles. The van der Waals surface area contributed by atoms with Crippen LogP contribution in [0.25, 0.3) is 10.8 Å². The Balaban J connectivity index is 1.10. The lowest BCUT2D eigenvalue weighted by atomic mass is 9.99. The van der Waals surface area contributed by atoms with Crippen LogP contribution in [0.5, 0.6) is 0 Å². The van der Waals surface area contributed by atoms with E-state index in [9.17, 15) is 57.8 Å². The van der Waals surface area contributed by atoms with Gasteiger partial charge in [-0.25, -0.2) is 9.59 Å². The third-order valence-electron chi connectivity index (χ3n) is 19.7. The van der Waals surface area contributed by atoms with Crippen LogP contribution < -0.4 is 85.9 Å². The Hall–Kier alpha value is -12.4. The highest BCUT2D eigenvalue weighted by molar-refractivity contribution is 6.30. The summed E-state index contributed by atoms with van der Waals surface area (Å²) in [7, 11) is 0. The predicted molar refractivity (Wildman–Crippen MR) is 437 cm³/mol. The van der Waals surface area contributed by atoms with E-state index in [4.69, 9.17) is 23.1 Å². The molecule has 6 aromatic rings. The number of nitrogens with one attached hydrogen (secondary N) is 14. The van der Waals surface area contributed by atoms with Crippen LogP contribution in [0.2, 0.25) is 5.02 Å². The van der Waals surface area contributed by atoms with Crippen molar-refractivity contribution in [1.82, 2.24) is 79.0 Å². The van der Waals surface area contributed by atoms with E-state index in [0.717, 1.165) is 10.8 Å². The number of nitrogens with two attached hydrogens (primary N) is 2. The number of carbonyl (C=O) groups excluding carboxylic acids is 15. The molecule has 2 aliphatic heterocycles. The first-order chi connectivity index (χ1) is 56.3. The van der Waals surface area contributed by atoms with E-state index in [1.54, 1.807) is 74.5 Å². The minimum Gasteiger partial charge on any atom is -0.394 e. The van der Waals surface area contributed by atoms with Crippen LogP contribution in [0.15, 0.2) is 140 Å². The summed E-state index contributed by atoms with van der Waals surface area (Å²) >= 11 is 6.27. The normalized spacial score (nSPS) is 16.1. The van der Waals surface area contributed by atoms with Gasteiger partial charge in [-0.1, -0.05) is 136 Å². The van der Waals surface area contributed by atoms with Gasteiger partial charge in [-0.2, -0.15) is 0 Å². The number of urea groups is 2. The molecule has 0 unspecified atom stereocenters. The zero-order chi connectivity index (χ0) is 85.7. The van der Waals surface area contributed by atoms with E-state index in [1.165, 1.54) is 55.4 Å². The van der Waals surface area contributed by atoms with Crippen LogP contribution in [0.4, 0.5) is 15.3 Å². The van der Waals surface area contributed by atoms with Crippen molar-refractivity contribution in [2.75, 3.05) is 25.0 Å². The van der Waals surface area contributed by atoms with E-state index in [2.05, 4.69) is 79.4 Å². The summed E-state index contributed by atoms with van der Waals surface area (Å²) in [4.78, 5) is 213. The van der Waals surface area contributed by atoms with Crippen molar-refractivity contribution in [3.05, 3.63) is 178 Å². The standard InChI is InChI=1S/C83H105ClN18O16/c1-46(2)35-61(73(108)93-60(16-9-10-33-88-47(3)4)81(116)102-34-12-17-69(102)80(115)90-48(5)71(85)106)94-75(110)63(37-50-18-20-53(21-19-50)44-89-82(86)117)96-77(112)65(39-52-25-30-59(31-26-52)92-72(107)67-42-70(105)101-83(118)100-67)98-79(114)68(45-103)99-78(113)66(41-55-13-11-32-87-43-55)97-76(111)64(38-51-23-28-58(84)29-24-51)95-74(109)62(91-49(6)104)40-54-22-27-56-14-7-8-15-57(56)36-54/h7-8,11,13-15,18-32,36,43,46-48,60-69,88,103H,9-10,12,16-17,33-35,37-42,44-45H2,1-6H3,(H2,85,106)(H,90,115)(H,91,104)(H,92,107)(H,93,108)(H,94,110)(H,95,109)(H,96,112)(H,97,111)(H,98,114)(H,99,113)(H3,86,89,117)(H2,100,101,105,118)/t48-,60+,61+,62-,63-,64-,65+,66-,67+,68+,69+/m1/s1. The quantitative estimate of drug-likeness (QED) is 0.0239. The number of aliphatic hydroxyl groups is 1. The number of imide groups is 1. The summed E-state index contributed by atoms with van der Waals surface area (Å²) in [5.41, 5.74) is 13.9. The number of amides is 17. The van der Waals surface area contributed by atoms with Crippen molar-refractivity contribution in [3.8, 4) is 0 Å². The second-order valence-corrected chi connectivity index (χ2v) is 30.5. The molecule has 2 aliphatic rings. The molecule has 35 heteroatoms. The molecule has 0 aliphatic carbocycles. The molecule has 34 nitrogen and oxygen atoms in total. The van der Waals surface area contributed by atoms with Gasteiger partial charge in [-0.05, 0) is 132 Å². The number of likely N-dealkylation sites (tertiary alicyclic amines) is 1. The summed E-state index contributed by atoms with van der Waals surface area (Å²) < 4.78 is 0. The fourth-order valence-electron chi connectivity index (χ4n) is 13.5. The largest absolute Gasteiger partial charge is 0.394 e. The molecule has 0 radical (unpaired) electrons. The number of pyridine rings is 1. The zero-order valence-electron chi connectivity index (χ0n) is 66.6. The minimum atomic E-state index is -1.92. The topological polar surface area (TPSA) is 513 Å². The molecule has 11 atom stereocenters. The number of anilines is 1. The maximum absolute atomic E-state index is 15.5. The van der Waals surface area contributed by atoms with Crippen LogP contribution in [0.3, 0.4) is 0 Å². The number of aromatic nitrogens is 1. The van der Waals surface area contributed by atoms with Gasteiger partial charge < -0.3 is 90.6 Å². The van der Waals surface area contributed by atoms with Crippen molar-refractivity contribution in [2.24, 2.45) is 17.4 Å². The van der Waals surface area contributed by atoms with Crippen molar-refractivity contribution < 1.29 is 77.0 Å². The highest BCUT2D eigenvalue weighted by Crippen LogP contribution is 2.23. The van der Waals surface area contributed by atoms with Gasteiger partial charge in [0.1, 0.15) is 66.5 Å². The van der Waals surface area contributed by atoms with Gasteiger partial charge in [0, 0.05) is 81.3 Å². The number of unbranched alkanes of at least 4 members (excludes halogenated alkanes) is 1. The molecule has 118 heavy (non-hydrogen) atoms. The molecular formula is C83H105ClN18O16. The number of nitrogens with zero attached hydrogens (tertiary/aromatic N) is 2. The second-order valence-electron chi connectivity index (χ2n) is 30.1. The van der Waals surface area contributed by atoms with Crippen molar-refractivity contribution >= 4 is 117 Å². The minimum absolute atomic E-state index is 0.00524. The Bertz CT molecular complexity index is 4540. The summed E-state index contributed by atoms with van der Waals surface area (Å²) in [5.74, 6) is -10.9. The summed E-state index contributed by atoms with van der Waals surface area (Å²) in [6.45, 7) is 9.79. The number of fused-ring (bicyclic) bond motifs is 1. The number of primary amides is 2. The SMILES string of the molecule is CC(=O)N[C@H](Cc1ccc2ccccc2c1)C(=O)N[C@H](Cc1ccc(Cl)cc1)C(=O)N[C@H](Cc1cccnc1)C(=O)N[C@@H](CO)C(=O)N[C@@H](Cc1ccc(NC(=O)[C@@H]2CC(=O)NC(=O)N2)cc1)C(=O)N[C@H](Cc1ccc(CNC(N)=O)cc1)C(=O)N[C@@H](CC(C)C)C(=O)N[C@@H](CCCCNC(C)C)C(=O)N1CCC[C@H]1C(=O)N[C@H](C)C(N)=O. The Morgan fingerprint density at radius 3 is 1.58 bits per heavy atom. The molecule has 17 amide bonds. The Labute approximate surface area is 687 Å². The van der Waals surface area contributed by atoms with Gasteiger partial charge in [0.2, 0.25) is 76.8 Å². The lowest BCUT2D eigenvalue weighted by Gasteiger charge is -2.31. The Kier molecular flexibility index (Phi) is 34.4. The van der Waals surface area contributed by atoms with E-state index >= 15 is 19.2 Å². The average Bonchev–Trinajstić information content (AvgIpc) is 1.70. The lowest BCUT2D eigenvalue weighted by Crippen LogP contribution is -2.62. The number of hydrogen-bond donors (Lipinski definition) is 17. The van der Waals surface area contributed by atoms with E-state index < -0.39 is 168 Å². The van der Waals surface area contributed by atoms with Crippen molar-refractivity contribution in [1.29, 1.82) is 0 Å². The third kappa shape index (κ3) is 28.8. The van der Waals surface area contributed by atoms with Crippen LogP contribution in [0.1, 0.15) is 120 Å².